The van der Waals surface area contributed by atoms with Crippen molar-refractivity contribution in [1.82, 2.24) is 9.97 Å². The lowest BCUT2D eigenvalue weighted by molar-refractivity contribution is 0.0527. The van der Waals surface area contributed by atoms with Gasteiger partial charge in [0, 0.05) is 5.56 Å². The summed E-state index contributed by atoms with van der Waals surface area (Å²) in [4.78, 5) is 31.9. The number of aromatic nitrogens is 2. The summed E-state index contributed by atoms with van der Waals surface area (Å²) in [6, 6.07) is 12.0. The summed E-state index contributed by atoms with van der Waals surface area (Å²) in [5.74, 6) is 0.0177. The highest BCUT2D eigenvalue weighted by Gasteiger charge is 2.15. The summed E-state index contributed by atoms with van der Waals surface area (Å²) in [7, 11) is 0. The topological polar surface area (TPSA) is 84.1 Å². The summed E-state index contributed by atoms with van der Waals surface area (Å²) in [5, 5.41) is 2.76. The number of rotatable bonds is 4. The molecule has 0 atom stereocenters. The van der Waals surface area contributed by atoms with Crippen molar-refractivity contribution in [2.75, 3.05) is 11.9 Å². The molecule has 1 aromatic heterocycles. The van der Waals surface area contributed by atoms with E-state index in [1.807, 2.05) is 6.92 Å². The third kappa shape index (κ3) is 3.12. The molecule has 122 valence electrons. The number of anilines is 1. The zero-order valence-electron chi connectivity index (χ0n) is 13.4. The Morgan fingerprint density at radius 2 is 2.00 bits per heavy atom. The minimum Gasteiger partial charge on any atom is -0.462 e. The first-order valence-corrected chi connectivity index (χ1v) is 7.62. The van der Waals surface area contributed by atoms with E-state index < -0.39 is 5.97 Å². The van der Waals surface area contributed by atoms with Crippen molar-refractivity contribution in [3.63, 3.8) is 0 Å². The number of amides is 1. The first-order chi connectivity index (χ1) is 11.6. The van der Waals surface area contributed by atoms with Gasteiger partial charge in [-0.3, -0.25) is 4.79 Å². The summed E-state index contributed by atoms with van der Waals surface area (Å²) in [5.41, 5.74) is 2.81. The van der Waals surface area contributed by atoms with Gasteiger partial charge in [0.05, 0.1) is 28.9 Å². The molecule has 0 bridgehead atoms. The molecule has 3 aromatic rings. The van der Waals surface area contributed by atoms with Crippen LogP contribution in [0.4, 0.5) is 5.69 Å². The highest BCUT2D eigenvalue weighted by atomic mass is 16.5. The van der Waals surface area contributed by atoms with Crippen LogP contribution in [0.15, 0.2) is 42.5 Å². The number of carbonyl (C=O) groups excluding carboxylic acids is 2. The first kappa shape index (κ1) is 15.7. The second-order valence-electron chi connectivity index (χ2n) is 5.27. The molecule has 0 aliphatic carbocycles. The van der Waals surface area contributed by atoms with Gasteiger partial charge in [0.2, 0.25) is 0 Å². The molecule has 1 heterocycles. The number of nitrogens with one attached hydrogen (secondary N) is 2. The van der Waals surface area contributed by atoms with Gasteiger partial charge in [0.25, 0.3) is 5.91 Å². The van der Waals surface area contributed by atoms with E-state index in [1.165, 1.54) is 0 Å². The van der Waals surface area contributed by atoms with Gasteiger partial charge in [0.1, 0.15) is 5.82 Å². The number of H-pyrrole nitrogens is 1. The quantitative estimate of drug-likeness (QED) is 0.722. The molecular formula is C18H17N3O3. The van der Waals surface area contributed by atoms with Crippen LogP contribution in [0, 0.1) is 6.92 Å². The van der Waals surface area contributed by atoms with Crippen molar-refractivity contribution in [3.05, 3.63) is 59.4 Å². The number of esters is 1. The van der Waals surface area contributed by atoms with E-state index in [-0.39, 0.29) is 12.5 Å². The zero-order valence-corrected chi connectivity index (χ0v) is 13.4. The third-order valence-corrected chi connectivity index (χ3v) is 3.53. The molecule has 6 nitrogen and oxygen atoms in total. The Bertz CT molecular complexity index is 915. The van der Waals surface area contributed by atoms with Gasteiger partial charge in [0.15, 0.2) is 0 Å². The summed E-state index contributed by atoms with van der Waals surface area (Å²) in [6.07, 6.45) is 0. The molecule has 3 rings (SSSR count). The van der Waals surface area contributed by atoms with Gasteiger partial charge < -0.3 is 15.0 Å². The van der Waals surface area contributed by atoms with Crippen molar-refractivity contribution in [3.8, 4) is 0 Å². The minimum absolute atomic E-state index is 0.275. The highest BCUT2D eigenvalue weighted by Crippen LogP contribution is 2.19. The van der Waals surface area contributed by atoms with Crippen molar-refractivity contribution in [2.45, 2.75) is 13.8 Å². The van der Waals surface area contributed by atoms with Crippen LogP contribution in [-0.2, 0) is 4.74 Å². The fourth-order valence-electron chi connectivity index (χ4n) is 2.45. The van der Waals surface area contributed by atoms with Crippen LogP contribution in [0.5, 0.6) is 0 Å². The molecule has 2 aromatic carbocycles. The van der Waals surface area contributed by atoms with Crippen LogP contribution in [0.1, 0.15) is 33.5 Å². The van der Waals surface area contributed by atoms with Crippen LogP contribution >= 0.6 is 0 Å². The van der Waals surface area contributed by atoms with Crippen molar-refractivity contribution < 1.29 is 14.3 Å². The molecule has 6 heteroatoms. The maximum atomic E-state index is 12.5. The molecule has 2 N–H and O–H groups in total. The number of hydrogen-bond acceptors (Lipinski definition) is 4. The first-order valence-electron chi connectivity index (χ1n) is 7.62. The second-order valence-corrected chi connectivity index (χ2v) is 5.27. The monoisotopic (exact) mass is 323 g/mol. The Morgan fingerprint density at radius 1 is 1.21 bits per heavy atom. The smallest absolute Gasteiger partial charge is 0.340 e. The van der Waals surface area contributed by atoms with Gasteiger partial charge >= 0.3 is 5.97 Å². The largest absolute Gasteiger partial charge is 0.462 e. The number of fused-ring (bicyclic) bond motifs is 1. The van der Waals surface area contributed by atoms with Gasteiger partial charge in [-0.2, -0.15) is 0 Å². The predicted octanol–water partition coefficient (Wildman–Crippen LogP) is 3.30. The van der Waals surface area contributed by atoms with Crippen LogP contribution in [0.2, 0.25) is 0 Å². The molecule has 0 spiro atoms. The molecule has 24 heavy (non-hydrogen) atoms. The second kappa shape index (κ2) is 6.54. The van der Waals surface area contributed by atoms with Crippen molar-refractivity contribution in [2.24, 2.45) is 0 Å². The Kier molecular flexibility index (Phi) is 4.29. The SMILES string of the molecule is CCOC(=O)c1ccccc1NC(=O)c1ccc2nc(C)[nH]c2c1. The fraction of sp³-hybridized carbons (Fsp3) is 0.167. The van der Waals surface area contributed by atoms with Crippen LogP contribution in [0.25, 0.3) is 11.0 Å². The van der Waals surface area contributed by atoms with Crippen LogP contribution in [0.3, 0.4) is 0 Å². The van der Waals surface area contributed by atoms with Gasteiger partial charge in [-0.15, -0.1) is 0 Å². The lowest BCUT2D eigenvalue weighted by atomic mass is 10.1. The summed E-state index contributed by atoms with van der Waals surface area (Å²) in [6.45, 7) is 3.87. The third-order valence-electron chi connectivity index (χ3n) is 3.53. The molecule has 1 amide bonds. The Hall–Kier alpha value is -3.15. The number of carbonyl (C=O) groups is 2. The molecule has 0 saturated heterocycles. The Morgan fingerprint density at radius 3 is 2.79 bits per heavy atom. The molecule has 0 fully saturated rings. The number of benzene rings is 2. The fourth-order valence-corrected chi connectivity index (χ4v) is 2.45. The van der Waals surface area contributed by atoms with Gasteiger partial charge in [-0.25, -0.2) is 9.78 Å². The number of para-hydroxylation sites is 1. The molecular weight excluding hydrogens is 306 g/mol. The lowest BCUT2D eigenvalue weighted by Crippen LogP contribution is -2.15. The molecule has 0 unspecified atom stereocenters. The van der Waals surface area contributed by atoms with E-state index in [1.54, 1.807) is 49.4 Å². The van der Waals surface area contributed by atoms with E-state index in [0.29, 0.717) is 16.8 Å². The zero-order chi connectivity index (χ0) is 17.1. The molecule has 0 radical (unpaired) electrons. The van der Waals surface area contributed by atoms with Crippen LogP contribution < -0.4 is 5.32 Å². The number of aromatic amines is 1. The number of nitrogens with zero attached hydrogens (tertiary/aromatic N) is 1. The Labute approximate surface area is 138 Å². The highest BCUT2D eigenvalue weighted by molar-refractivity contribution is 6.09. The van der Waals surface area contributed by atoms with E-state index in [2.05, 4.69) is 15.3 Å². The average molecular weight is 323 g/mol. The van der Waals surface area contributed by atoms with E-state index in [9.17, 15) is 9.59 Å². The van der Waals surface area contributed by atoms with Gasteiger partial charge in [-0.1, -0.05) is 12.1 Å². The molecule has 0 saturated carbocycles. The molecule has 0 aliphatic rings. The maximum Gasteiger partial charge on any atom is 0.340 e. The lowest BCUT2D eigenvalue weighted by Gasteiger charge is -2.10. The molecule has 0 aliphatic heterocycles. The van der Waals surface area contributed by atoms with Gasteiger partial charge in [-0.05, 0) is 44.2 Å². The number of aryl methyl sites for hydroxylation is 1. The minimum atomic E-state index is -0.465. The average Bonchev–Trinajstić information content (AvgIpc) is 2.94. The van der Waals surface area contributed by atoms with Crippen LogP contribution in [-0.4, -0.2) is 28.5 Å². The van der Waals surface area contributed by atoms with E-state index in [0.717, 1.165) is 16.9 Å². The van der Waals surface area contributed by atoms with Crippen molar-refractivity contribution in [1.29, 1.82) is 0 Å². The van der Waals surface area contributed by atoms with E-state index >= 15 is 0 Å². The number of imidazole rings is 1. The predicted molar refractivity (Wildman–Crippen MR) is 91.2 cm³/mol. The summed E-state index contributed by atoms with van der Waals surface area (Å²) >= 11 is 0. The van der Waals surface area contributed by atoms with Crippen molar-refractivity contribution >= 4 is 28.6 Å². The van der Waals surface area contributed by atoms with E-state index in [4.69, 9.17) is 4.74 Å². The number of ether oxygens (including phenoxy) is 1. The maximum absolute atomic E-state index is 12.5. The standard InChI is InChI=1S/C18H17N3O3/c1-3-24-18(23)13-6-4-5-7-14(13)21-17(22)12-8-9-15-16(10-12)20-11(2)19-15/h4-10H,3H2,1-2H3,(H,19,20)(H,21,22). The Balaban J connectivity index is 1.87. The number of hydrogen-bond donors (Lipinski definition) is 2. The normalized spacial score (nSPS) is 10.6. The summed E-state index contributed by atoms with van der Waals surface area (Å²) < 4.78 is 5.01.